The molecule has 3 N–H and O–H groups in total. The lowest BCUT2D eigenvalue weighted by Gasteiger charge is -2.23. The predicted octanol–water partition coefficient (Wildman–Crippen LogP) is 2.60. The van der Waals surface area contributed by atoms with Gasteiger partial charge in [-0.3, -0.25) is 4.79 Å². The second-order valence-electron chi connectivity index (χ2n) is 5.84. The molecule has 1 unspecified atom stereocenters. The highest BCUT2D eigenvalue weighted by Gasteiger charge is 2.15. The van der Waals surface area contributed by atoms with Crippen molar-refractivity contribution in [2.45, 2.75) is 40.2 Å². The lowest BCUT2D eigenvalue weighted by molar-refractivity contribution is 0.1000. The first kappa shape index (κ1) is 15.7. The van der Waals surface area contributed by atoms with Crippen LogP contribution in [0.15, 0.2) is 24.3 Å². The van der Waals surface area contributed by atoms with Gasteiger partial charge in [-0.1, -0.05) is 39.8 Å². The van der Waals surface area contributed by atoms with E-state index in [0.717, 1.165) is 13.0 Å². The molecule has 19 heavy (non-hydrogen) atoms. The minimum Gasteiger partial charge on any atom is -0.366 e. The van der Waals surface area contributed by atoms with Gasteiger partial charge in [0.1, 0.15) is 0 Å². The van der Waals surface area contributed by atoms with Gasteiger partial charge in [-0.05, 0) is 42.5 Å². The second-order valence-corrected chi connectivity index (χ2v) is 5.84. The molecule has 0 saturated carbocycles. The summed E-state index contributed by atoms with van der Waals surface area (Å²) in [6.45, 7) is 9.79. The van der Waals surface area contributed by atoms with Crippen molar-refractivity contribution in [1.82, 2.24) is 5.32 Å². The molecule has 1 rings (SSSR count). The summed E-state index contributed by atoms with van der Waals surface area (Å²) < 4.78 is 0. The van der Waals surface area contributed by atoms with Gasteiger partial charge in [0.15, 0.2) is 0 Å². The van der Waals surface area contributed by atoms with Gasteiger partial charge in [0.05, 0.1) is 0 Å². The molecule has 0 aromatic heterocycles. The normalized spacial score (nSPS) is 12.9. The number of hydrogen-bond acceptors (Lipinski definition) is 2. The third-order valence-electron chi connectivity index (χ3n) is 3.44. The highest BCUT2D eigenvalue weighted by Crippen LogP contribution is 2.17. The number of nitrogens with two attached hydrogens (primary N) is 1. The maximum atomic E-state index is 11.2. The van der Waals surface area contributed by atoms with E-state index in [-0.39, 0.29) is 5.91 Å². The summed E-state index contributed by atoms with van der Waals surface area (Å²) >= 11 is 0. The fraction of sp³-hybridized carbons (Fsp3) is 0.562. The van der Waals surface area contributed by atoms with Crippen LogP contribution < -0.4 is 11.1 Å². The van der Waals surface area contributed by atoms with Crippen LogP contribution in [0.3, 0.4) is 0 Å². The molecule has 0 bridgehead atoms. The Morgan fingerprint density at radius 3 is 2.47 bits per heavy atom. The maximum absolute atomic E-state index is 11.2. The Bertz CT molecular complexity index is 413. The quantitative estimate of drug-likeness (QED) is 0.793. The number of nitrogens with one attached hydrogen (secondary N) is 1. The molecule has 0 radical (unpaired) electrons. The van der Waals surface area contributed by atoms with E-state index in [2.05, 4.69) is 39.1 Å². The van der Waals surface area contributed by atoms with Crippen molar-refractivity contribution in [3.8, 4) is 0 Å². The van der Waals surface area contributed by atoms with E-state index in [9.17, 15) is 4.79 Å². The van der Waals surface area contributed by atoms with Crippen LogP contribution in [0.4, 0.5) is 0 Å². The molecular weight excluding hydrogens is 236 g/mol. The van der Waals surface area contributed by atoms with Gasteiger partial charge < -0.3 is 11.1 Å². The number of rotatable bonds is 7. The Balaban J connectivity index is 2.73. The van der Waals surface area contributed by atoms with Crippen LogP contribution in [-0.4, -0.2) is 18.5 Å². The molecule has 1 aromatic rings. The summed E-state index contributed by atoms with van der Waals surface area (Å²) in [5.74, 6) is 0.803. The zero-order chi connectivity index (χ0) is 14.4. The minimum absolute atomic E-state index is 0.358. The first-order valence-electron chi connectivity index (χ1n) is 7.02. The number of carbonyl (C=O) groups is 1. The summed E-state index contributed by atoms with van der Waals surface area (Å²) in [6, 6.07) is 8.15. The maximum Gasteiger partial charge on any atom is 0.248 e. The third kappa shape index (κ3) is 5.43. The van der Waals surface area contributed by atoms with Gasteiger partial charge in [-0.25, -0.2) is 0 Å². The van der Waals surface area contributed by atoms with E-state index >= 15 is 0 Å². The zero-order valence-electron chi connectivity index (χ0n) is 12.4. The number of carbonyl (C=O) groups excluding carboxylic acids is 1. The predicted molar refractivity (Wildman–Crippen MR) is 80.1 cm³/mol. The van der Waals surface area contributed by atoms with Gasteiger partial charge in [0, 0.05) is 11.6 Å². The first-order chi connectivity index (χ1) is 8.90. The summed E-state index contributed by atoms with van der Waals surface area (Å²) in [4.78, 5) is 11.2. The van der Waals surface area contributed by atoms with Crippen LogP contribution in [0.1, 0.15) is 43.6 Å². The summed E-state index contributed by atoms with van der Waals surface area (Å²) in [7, 11) is 0. The van der Waals surface area contributed by atoms with Crippen LogP contribution in [0.2, 0.25) is 0 Å². The molecule has 3 heteroatoms. The molecule has 0 fully saturated rings. The molecule has 1 atom stereocenters. The fourth-order valence-electron chi connectivity index (χ4n) is 2.08. The largest absolute Gasteiger partial charge is 0.366 e. The van der Waals surface area contributed by atoms with Crippen LogP contribution in [-0.2, 0) is 6.42 Å². The molecule has 106 valence electrons. The van der Waals surface area contributed by atoms with E-state index in [1.165, 1.54) is 5.56 Å². The standard InChI is InChI=1S/C16H26N2O/c1-11(2)15(10-18-12(3)4)9-13-6-5-7-14(8-13)16(17)19/h5-8,11-12,15,18H,9-10H2,1-4H3,(H2,17,19). The Hall–Kier alpha value is -1.35. The van der Waals surface area contributed by atoms with E-state index in [1.807, 2.05) is 12.1 Å². The van der Waals surface area contributed by atoms with Crippen LogP contribution in [0.5, 0.6) is 0 Å². The molecule has 0 aliphatic heterocycles. The zero-order valence-corrected chi connectivity index (χ0v) is 12.4. The van der Waals surface area contributed by atoms with E-state index in [1.54, 1.807) is 6.07 Å². The van der Waals surface area contributed by atoms with E-state index in [4.69, 9.17) is 5.73 Å². The molecule has 0 aliphatic carbocycles. The molecule has 1 amide bonds. The van der Waals surface area contributed by atoms with E-state index in [0.29, 0.717) is 23.4 Å². The Morgan fingerprint density at radius 2 is 1.95 bits per heavy atom. The number of hydrogen-bond donors (Lipinski definition) is 2. The lowest BCUT2D eigenvalue weighted by atomic mass is 9.88. The molecule has 0 aliphatic rings. The smallest absolute Gasteiger partial charge is 0.248 e. The van der Waals surface area contributed by atoms with Crippen molar-refractivity contribution in [2.75, 3.05) is 6.54 Å². The minimum atomic E-state index is -0.358. The van der Waals surface area contributed by atoms with E-state index < -0.39 is 0 Å². The topological polar surface area (TPSA) is 55.1 Å². The Labute approximate surface area is 116 Å². The van der Waals surface area contributed by atoms with Gasteiger partial charge in [0.2, 0.25) is 5.91 Å². The lowest BCUT2D eigenvalue weighted by Crippen LogP contribution is -2.32. The van der Waals surface area contributed by atoms with Crippen LogP contribution >= 0.6 is 0 Å². The summed E-state index contributed by atoms with van der Waals surface area (Å²) in [5.41, 5.74) is 7.10. The molecule has 0 spiro atoms. The van der Waals surface area contributed by atoms with Crippen molar-refractivity contribution >= 4 is 5.91 Å². The van der Waals surface area contributed by atoms with Crippen molar-refractivity contribution < 1.29 is 4.79 Å². The van der Waals surface area contributed by atoms with Crippen molar-refractivity contribution in [2.24, 2.45) is 17.6 Å². The monoisotopic (exact) mass is 262 g/mol. The van der Waals surface area contributed by atoms with Gasteiger partial charge in [0.25, 0.3) is 0 Å². The highest BCUT2D eigenvalue weighted by atomic mass is 16.1. The molecule has 3 nitrogen and oxygen atoms in total. The molecular formula is C16H26N2O. The van der Waals surface area contributed by atoms with Crippen molar-refractivity contribution in [1.29, 1.82) is 0 Å². The second kappa shape index (κ2) is 7.29. The van der Waals surface area contributed by atoms with Crippen molar-refractivity contribution in [3.63, 3.8) is 0 Å². The Morgan fingerprint density at radius 1 is 1.26 bits per heavy atom. The van der Waals surface area contributed by atoms with Gasteiger partial charge in [-0.2, -0.15) is 0 Å². The SMILES string of the molecule is CC(C)NCC(Cc1cccc(C(N)=O)c1)C(C)C. The third-order valence-corrected chi connectivity index (χ3v) is 3.44. The van der Waals surface area contributed by atoms with Gasteiger partial charge in [-0.15, -0.1) is 0 Å². The fourth-order valence-corrected chi connectivity index (χ4v) is 2.08. The Kier molecular flexibility index (Phi) is 6.03. The number of primary amides is 1. The summed E-state index contributed by atoms with van der Waals surface area (Å²) in [5, 5.41) is 3.49. The van der Waals surface area contributed by atoms with Crippen molar-refractivity contribution in [3.05, 3.63) is 35.4 Å². The van der Waals surface area contributed by atoms with Crippen LogP contribution in [0, 0.1) is 11.8 Å². The average Bonchev–Trinajstić information content (AvgIpc) is 2.34. The molecule has 0 saturated heterocycles. The van der Waals surface area contributed by atoms with Crippen LogP contribution in [0.25, 0.3) is 0 Å². The number of benzene rings is 1. The average molecular weight is 262 g/mol. The highest BCUT2D eigenvalue weighted by molar-refractivity contribution is 5.92. The molecule has 1 aromatic carbocycles. The van der Waals surface area contributed by atoms with Gasteiger partial charge >= 0.3 is 0 Å². The number of amides is 1. The molecule has 0 heterocycles. The summed E-state index contributed by atoms with van der Waals surface area (Å²) in [6.07, 6.45) is 0.971. The first-order valence-corrected chi connectivity index (χ1v) is 7.02.